The van der Waals surface area contributed by atoms with E-state index in [1.165, 1.54) is 0 Å². The summed E-state index contributed by atoms with van der Waals surface area (Å²) in [4.78, 5) is 0. The van der Waals surface area contributed by atoms with Crippen LogP contribution in [0, 0.1) is 0 Å². The Morgan fingerprint density at radius 3 is 1.84 bits per heavy atom. The first-order valence-electron chi connectivity index (χ1n) is 12.1. The minimum atomic E-state index is -0.407. The number of hydrogen-bond acceptors (Lipinski definition) is 7. The zero-order valence-electron chi connectivity index (χ0n) is 19.4. The van der Waals surface area contributed by atoms with E-state index in [9.17, 15) is 5.11 Å². The second-order valence-corrected chi connectivity index (χ2v) is 9.26. The molecule has 0 amide bonds. The first-order chi connectivity index (χ1) is 15.5. The molecule has 1 N–H and O–H groups in total. The molecule has 3 saturated heterocycles. The highest BCUT2D eigenvalue weighted by Crippen LogP contribution is 2.31. The van der Waals surface area contributed by atoms with Gasteiger partial charge >= 0.3 is 0 Å². The molecular weight excluding hydrogens is 412 g/mol. The van der Waals surface area contributed by atoms with Crippen molar-refractivity contribution >= 4 is 0 Å². The van der Waals surface area contributed by atoms with Gasteiger partial charge in [-0.05, 0) is 45.6 Å². The van der Waals surface area contributed by atoms with Crippen LogP contribution in [0.2, 0.25) is 0 Å². The smallest absolute Gasteiger partial charge is 0.158 e. The summed E-state index contributed by atoms with van der Waals surface area (Å²) in [5.74, 6) is 0. The van der Waals surface area contributed by atoms with Crippen molar-refractivity contribution in [1.82, 2.24) is 0 Å². The zero-order chi connectivity index (χ0) is 22.5. The van der Waals surface area contributed by atoms with Crippen molar-refractivity contribution in [3.63, 3.8) is 0 Å². The number of ether oxygens (including phenoxy) is 6. The van der Waals surface area contributed by atoms with Crippen LogP contribution in [0.3, 0.4) is 0 Å². The first-order valence-corrected chi connectivity index (χ1v) is 12.1. The first kappa shape index (κ1) is 24.1. The molecule has 3 aliphatic heterocycles. The van der Waals surface area contributed by atoms with Crippen LogP contribution >= 0.6 is 0 Å². The van der Waals surface area contributed by atoms with Crippen LogP contribution < -0.4 is 0 Å². The van der Waals surface area contributed by atoms with E-state index < -0.39 is 6.10 Å². The normalized spacial score (nSPS) is 40.8. The number of rotatable bonds is 7. The maximum absolute atomic E-state index is 9.82. The predicted octanol–water partition coefficient (Wildman–Crippen LogP) is 3.91. The molecule has 7 nitrogen and oxygen atoms in total. The topological polar surface area (TPSA) is 75.6 Å². The highest BCUT2D eigenvalue weighted by Gasteiger charge is 2.37. The molecule has 9 atom stereocenters. The van der Waals surface area contributed by atoms with E-state index in [4.69, 9.17) is 28.4 Å². The SMILES string of the molecule is C[C@@H]1O[C@@H](O[C@H]2CC[C@@H](O[C@H]3CC[C@@H](OCc4ccccc4)O[C@@H]3C)O[C@@H]2C)CC[C@H]1O. The summed E-state index contributed by atoms with van der Waals surface area (Å²) in [5.41, 5.74) is 1.15. The lowest BCUT2D eigenvalue weighted by atomic mass is 10.0. The molecule has 0 unspecified atom stereocenters. The Morgan fingerprint density at radius 1 is 0.719 bits per heavy atom. The fraction of sp³-hybridized carbons (Fsp3) is 0.760. The molecule has 0 radical (unpaired) electrons. The molecule has 0 bridgehead atoms. The third-order valence-electron chi connectivity index (χ3n) is 6.69. The molecule has 180 valence electrons. The predicted molar refractivity (Wildman–Crippen MR) is 118 cm³/mol. The molecule has 3 fully saturated rings. The van der Waals surface area contributed by atoms with E-state index in [1.54, 1.807) is 0 Å². The molecule has 0 aromatic heterocycles. The number of benzene rings is 1. The Balaban J connectivity index is 1.17. The van der Waals surface area contributed by atoms with Crippen LogP contribution in [-0.2, 0) is 35.0 Å². The molecule has 3 heterocycles. The van der Waals surface area contributed by atoms with Crippen LogP contribution in [0.1, 0.15) is 64.9 Å². The van der Waals surface area contributed by atoms with E-state index in [2.05, 4.69) is 12.1 Å². The second-order valence-electron chi connectivity index (χ2n) is 9.26. The summed E-state index contributed by atoms with van der Waals surface area (Å²) in [6.07, 6.45) is 3.21. The molecule has 1 aromatic rings. The molecule has 0 spiro atoms. The quantitative estimate of drug-likeness (QED) is 0.675. The zero-order valence-corrected chi connectivity index (χ0v) is 19.4. The summed E-state index contributed by atoms with van der Waals surface area (Å²) in [5, 5.41) is 9.82. The third kappa shape index (κ3) is 6.50. The van der Waals surface area contributed by atoms with Gasteiger partial charge in [0.25, 0.3) is 0 Å². The van der Waals surface area contributed by atoms with Crippen molar-refractivity contribution in [3.05, 3.63) is 35.9 Å². The van der Waals surface area contributed by atoms with Gasteiger partial charge in [-0.3, -0.25) is 0 Å². The number of aliphatic hydroxyl groups is 1. The monoisotopic (exact) mass is 450 g/mol. The third-order valence-corrected chi connectivity index (χ3v) is 6.69. The van der Waals surface area contributed by atoms with E-state index in [-0.39, 0.29) is 49.4 Å². The standard InChI is InChI=1S/C25H38O7/c1-16-20(26)9-12-24(28-16)31-22-11-14-25(30-18(22)3)32-21-10-13-23(29-17(21)2)27-15-19-7-5-4-6-8-19/h4-8,16-18,20-26H,9-15H2,1-3H3/t16-,17+,18+,20+,21-,22-,23-,24-,25+/m0/s1. The van der Waals surface area contributed by atoms with Crippen LogP contribution in [0.5, 0.6) is 0 Å². The summed E-state index contributed by atoms with van der Waals surface area (Å²) >= 11 is 0. The largest absolute Gasteiger partial charge is 0.390 e. The average molecular weight is 451 g/mol. The fourth-order valence-electron chi connectivity index (χ4n) is 4.63. The van der Waals surface area contributed by atoms with E-state index in [0.717, 1.165) is 31.2 Å². The van der Waals surface area contributed by atoms with Gasteiger partial charge < -0.3 is 33.5 Å². The summed E-state index contributed by atoms with van der Waals surface area (Å²) in [7, 11) is 0. The molecule has 1 aromatic carbocycles. The van der Waals surface area contributed by atoms with E-state index in [0.29, 0.717) is 19.4 Å². The second kappa shape index (κ2) is 11.4. The summed E-state index contributed by atoms with van der Waals surface area (Å²) in [6.45, 7) is 6.50. The van der Waals surface area contributed by atoms with Gasteiger partial charge in [-0.15, -0.1) is 0 Å². The Morgan fingerprint density at radius 2 is 1.25 bits per heavy atom. The van der Waals surface area contributed by atoms with Crippen LogP contribution in [0.4, 0.5) is 0 Å². The maximum Gasteiger partial charge on any atom is 0.158 e. The van der Waals surface area contributed by atoms with Gasteiger partial charge in [-0.1, -0.05) is 30.3 Å². The molecular formula is C25H38O7. The average Bonchev–Trinajstić information content (AvgIpc) is 2.79. The highest BCUT2D eigenvalue weighted by atomic mass is 16.7. The van der Waals surface area contributed by atoms with Gasteiger partial charge in [-0.25, -0.2) is 0 Å². The molecule has 0 saturated carbocycles. The van der Waals surface area contributed by atoms with Crippen molar-refractivity contribution in [1.29, 1.82) is 0 Å². The molecule has 7 heteroatoms. The van der Waals surface area contributed by atoms with Crippen LogP contribution in [0.25, 0.3) is 0 Å². The van der Waals surface area contributed by atoms with Crippen molar-refractivity contribution in [2.45, 2.75) is 121 Å². The van der Waals surface area contributed by atoms with E-state index >= 15 is 0 Å². The van der Waals surface area contributed by atoms with Gasteiger partial charge in [0, 0.05) is 19.3 Å². The van der Waals surface area contributed by atoms with Gasteiger partial charge in [0.2, 0.25) is 0 Å². The van der Waals surface area contributed by atoms with Crippen molar-refractivity contribution in [2.75, 3.05) is 0 Å². The Labute approximate surface area is 191 Å². The summed E-state index contributed by atoms with van der Waals surface area (Å²) in [6, 6.07) is 10.1. The van der Waals surface area contributed by atoms with Gasteiger partial charge in [-0.2, -0.15) is 0 Å². The van der Waals surface area contributed by atoms with Crippen LogP contribution in [-0.4, -0.2) is 60.6 Å². The number of aliphatic hydroxyl groups excluding tert-OH is 1. The van der Waals surface area contributed by atoms with Crippen molar-refractivity contribution in [3.8, 4) is 0 Å². The highest BCUT2D eigenvalue weighted by molar-refractivity contribution is 5.13. The molecule has 0 aliphatic carbocycles. The van der Waals surface area contributed by atoms with Crippen molar-refractivity contribution in [2.24, 2.45) is 0 Å². The molecule has 4 rings (SSSR count). The van der Waals surface area contributed by atoms with Gasteiger partial charge in [0.15, 0.2) is 18.9 Å². The van der Waals surface area contributed by atoms with Gasteiger partial charge in [0.1, 0.15) is 0 Å². The fourth-order valence-corrected chi connectivity index (χ4v) is 4.63. The Kier molecular flexibility index (Phi) is 8.56. The Bertz CT molecular complexity index is 686. The van der Waals surface area contributed by atoms with E-state index in [1.807, 2.05) is 39.0 Å². The lowest BCUT2D eigenvalue weighted by molar-refractivity contribution is -0.303. The lowest BCUT2D eigenvalue weighted by Crippen LogP contribution is -2.47. The van der Waals surface area contributed by atoms with Crippen LogP contribution in [0.15, 0.2) is 30.3 Å². The Hall–Kier alpha value is -1.06. The minimum absolute atomic E-state index is 0.00902. The number of hydrogen-bond donors (Lipinski definition) is 1. The van der Waals surface area contributed by atoms with Crippen molar-refractivity contribution < 1.29 is 33.5 Å². The minimum Gasteiger partial charge on any atom is -0.390 e. The molecule has 32 heavy (non-hydrogen) atoms. The molecule has 3 aliphatic rings. The lowest BCUT2D eigenvalue weighted by Gasteiger charge is -2.41. The van der Waals surface area contributed by atoms with Gasteiger partial charge in [0.05, 0.1) is 43.2 Å². The summed E-state index contributed by atoms with van der Waals surface area (Å²) < 4.78 is 36.3. The maximum atomic E-state index is 9.82.